The Balaban J connectivity index is 1.51. The van der Waals surface area contributed by atoms with E-state index < -0.39 is 0 Å². The quantitative estimate of drug-likeness (QED) is 0.686. The van der Waals surface area contributed by atoms with Gasteiger partial charge in [-0.1, -0.05) is 0 Å². The van der Waals surface area contributed by atoms with Gasteiger partial charge in [0.15, 0.2) is 5.78 Å². The number of hydrogen-bond donors (Lipinski definition) is 2. The van der Waals surface area contributed by atoms with E-state index in [2.05, 4.69) is 22.9 Å². The number of aryl methyl sites for hydroxylation is 1. The maximum absolute atomic E-state index is 12.1. The third-order valence-corrected chi connectivity index (χ3v) is 6.85. The highest BCUT2D eigenvalue weighted by Crippen LogP contribution is 2.37. The highest BCUT2D eigenvalue weighted by atomic mass is 16.5. The molecule has 0 saturated heterocycles. The van der Waals surface area contributed by atoms with Gasteiger partial charge in [0.05, 0.1) is 23.7 Å². The standard InChI is InChI=1S/C25H32N4O2/c1-15-11-22-25(28-15)24(27-14-29(22)20-8-6-19(26)7-9-20)21-12-18(16(2)30)5-10-23(21)31-13-17-3-4-17/h5,10-12,17,19-20,28H,3-4,6-9,13-14,26H2,1-2H3. The molecule has 0 atom stereocenters. The van der Waals surface area contributed by atoms with E-state index in [9.17, 15) is 4.79 Å². The average molecular weight is 421 g/mol. The summed E-state index contributed by atoms with van der Waals surface area (Å²) in [6.45, 7) is 5.03. The van der Waals surface area contributed by atoms with Gasteiger partial charge in [0, 0.05) is 28.9 Å². The Labute approximate surface area is 183 Å². The molecule has 6 heteroatoms. The molecule has 5 rings (SSSR count). The second-order valence-electron chi connectivity index (χ2n) is 9.42. The third-order valence-electron chi connectivity index (χ3n) is 6.85. The van der Waals surface area contributed by atoms with E-state index in [-0.39, 0.29) is 5.78 Å². The zero-order chi connectivity index (χ0) is 21.5. The summed E-state index contributed by atoms with van der Waals surface area (Å²) in [5.41, 5.74) is 12.0. The van der Waals surface area contributed by atoms with Crippen LogP contribution in [0.5, 0.6) is 5.75 Å². The lowest BCUT2D eigenvalue weighted by Crippen LogP contribution is -2.43. The van der Waals surface area contributed by atoms with Gasteiger partial charge in [0.1, 0.15) is 12.4 Å². The molecule has 0 radical (unpaired) electrons. The number of nitrogens with zero attached hydrogens (tertiary/aromatic N) is 2. The Morgan fingerprint density at radius 3 is 2.68 bits per heavy atom. The number of aliphatic imine (C=N–C) groups is 1. The summed E-state index contributed by atoms with van der Waals surface area (Å²) in [6, 6.07) is 8.75. The molecule has 164 valence electrons. The molecular formula is C25H32N4O2. The van der Waals surface area contributed by atoms with Crippen LogP contribution in [0.15, 0.2) is 29.3 Å². The second kappa shape index (κ2) is 8.15. The Bertz CT molecular complexity index is 1010. The predicted octanol–water partition coefficient (Wildman–Crippen LogP) is 4.20. The number of fused-ring (bicyclic) bond motifs is 1. The van der Waals surface area contributed by atoms with Crippen LogP contribution in [0, 0.1) is 12.8 Å². The number of Topliss-reactive ketones (excluding diaryl/α,β-unsaturated/α-hetero) is 1. The number of aromatic nitrogens is 1. The average Bonchev–Trinajstić information content (AvgIpc) is 3.51. The number of anilines is 1. The van der Waals surface area contributed by atoms with Gasteiger partial charge in [-0.25, -0.2) is 0 Å². The zero-order valence-electron chi connectivity index (χ0n) is 18.5. The topological polar surface area (TPSA) is 83.7 Å². The zero-order valence-corrected chi connectivity index (χ0v) is 18.5. The molecule has 6 nitrogen and oxygen atoms in total. The maximum atomic E-state index is 12.1. The van der Waals surface area contributed by atoms with E-state index in [1.54, 1.807) is 6.92 Å². The van der Waals surface area contributed by atoms with E-state index in [1.165, 1.54) is 18.5 Å². The fourth-order valence-electron chi connectivity index (χ4n) is 4.78. The number of aromatic amines is 1. The molecule has 0 spiro atoms. The summed E-state index contributed by atoms with van der Waals surface area (Å²) in [5, 5.41) is 0. The Kier molecular flexibility index (Phi) is 5.34. The Hall–Kier alpha value is -2.60. The summed E-state index contributed by atoms with van der Waals surface area (Å²) in [6.07, 6.45) is 6.81. The van der Waals surface area contributed by atoms with Crippen LogP contribution in [-0.2, 0) is 0 Å². The van der Waals surface area contributed by atoms with Crippen LogP contribution in [0.4, 0.5) is 5.69 Å². The molecule has 0 bridgehead atoms. The molecule has 2 saturated carbocycles. The van der Waals surface area contributed by atoms with Crippen molar-refractivity contribution in [2.24, 2.45) is 16.6 Å². The van der Waals surface area contributed by atoms with Gasteiger partial charge >= 0.3 is 0 Å². The van der Waals surface area contributed by atoms with Crippen molar-refractivity contribution in [2.45, 2.75) is 64.5 Å². The molecule has 2 heterocycles. The number of nitrogens with two attached hydrogens (primary N) is 1. The number of ketones is 1. The summed E-state index contributed by atoms with van der Waals surface area (Å²) < 4.78 is 6.19. The Morgan fingerprint density at radius 2 is 1.97 bits per heavy atom. The van der Waals surface area contributed by atoms with Gasteiger partial charge in [-0.2, -0.15) is 0 Å². The monoisotopic (exact) mass is 420 g/mol. The van der Waals surface area contributed by atoms with Crippen molar-refractivity contribution in [1.29, 1.82) is 0 Å². The highest BCUT2D eigenvalue weighted by molar-refractivity contribution is 6.18. The fraction of sp³-hybridized carbons (Fsp3) is 0.520. The van der Waals surface area contributed by atoms with E-state index >= 15 is 0 Å². The molecule has 0 unspecified atom stereocenters. The molecule has 2 aliphatic carbocycles. The van der Waals surface area contributed by atoms with Crippen LogP contribution in [-0.4, -0.2) is 41.8 Å². The van der Waals surface area contributed by atoms with Crippen molar-refractivity contribution < 1.29 is 9.53 Å². The van der Waals surface area contributed by atoms with Gasteiger partial charge in [-0.05, 0) is 82.6 Å². The van der Waals surface area contributed by atoms with Crippen LogP contribution in [0.3, 0.4) is 0 Å². The normalized spacial score (nSPS) is 23.3. The largest absolute Gasteiger partial charge is 0.493 e. The smallest absolute Gasteiger partial charge is 0.159 e. The van der Waals surface area contributed by atoms with Crippen LogP contribution in [0.1, 0.15) is 72.8 Å². The van der Waals surface area contributed by atoms with Crippen molar-refractivity contribution in [1.82, 2.24) is 4.98 Å². The first-order chi connectivity index (χ1) is 15.0. The summed E-state index contributed by atoms with van der Waals surface area (Å²) in [5.74, 6) is 1.52. The lowest BCUT2D eigenvalue weighted by Gasteiger charge is -2.38. The predicted molar refractivity (Wildman–Crippen MR) is 123 cm³/mol. The minimum atomic E-state index is 0.0504. The molecule has 3 N–H and O–H groups in total. The van der Waals surface area contributed by atoms with E-state index in [1.807, 2.05) is 18.2 Å². The number of nitrogens with one attached hydrogen (secondary N) is 1. The molecule has 0 amide bonds. The van der Waals surface area contributed by atoms with Crippen molar-refractivity contribution in [3.63, 3.8) is 0 Å². The lowest BCUT2D eigenvalue weighted by molar-refractivity contribution is 0.101. The van der Waals surface area contributed by atoms with Crippen LogP contribution in [0.25, 0.3) is 0 Å². The first-order valence-electron chi connectivity index (χ1n) is 11.5. The lowest BCUT2D eigenvalue weighted by atomic mass is 9.90. The SMILES string of the molecule is CC(=O)c1ccc(OCC2CC2)c(C2=NCN(C3CCC(N)CC3)c3cc(C)[nH]c32)c1. The van der Waals surface area contributed by atoms with E-state index in [4.69, 9.17) is 15.5 Å². The number of H-pyrrole nitrogens is 1. The maximum Gasteiger partial charge on any atom is 0.159 e. The van der Waals surface area contributed by atoms with Crippen molar-refractivity contribution in [2.75, 3.05) is 18.2 Å². The number of benzene rings is 1. The van der Waals surface area contributed by atoms with Crippen molar-refractivity contribution >= 4 is 17.2 Å². The summed E-state index contributed by atoms with van der Waals surface area (Å²) in [7, 11) is 0. The van der Waals surface area contributed by atoms with Gasteiger partial charge in [-0.3, -0.25) is 9.79 Å². The first-order valence-corrected chi connectivity index (χ1v) is 11.5. The van der Waals surface area contributed by atoms with Crippen molar-refractivity contribution in [3.8, 4) is 5.75 Å². The van der Waals surface area contributed by atoms with Gasteiger partial charge in [0.25, 0.3) is 0 Å². The van der Waals surface area contributed by atoms with Crippen LogP contribution in [0.2, 0.25) is 0 Å². The van der Waals surface area contributed by atoms with Crippen LogP contribution >= 0.6 is 0 Å². The minimum Gasteiger partial charge on any atom is -0.493 e. The van der Waals surface area contributed by atoms with Gasteiger partial charge in [-0.15, -0.1) is 0 Å². The van der Waals surface area contributed by atoms with E-state index in [0.29, 0.717) is 30.2 Å². The molecule has 1 aliphatic heterocycles. The first kappa shape index (κ1) is 20.3. The third kappa shape index (κ3) is 4.13. The Morgan fingerprint density at radius 1 is 1.19 bits per heavy atom. The molecule has 3 aliphatic rings. The molecule has 1 aromatic heterocycles. The minimum absolute atomic E-state index is 0.0504. The summed E-state index contributed by atoms with van der Waals surface area (Å²) in [4.78, 5) is 23.1. The number of carbonyl (C=O) groups excluding carboxylic acids is 1. The summed E-state index contributed by atoms with van der Waals surface area (Å²) >= 11 is 0. The van der Waals surface area contributed by atoms with Gasteiger partial charge < -0.3 is 20.4 Å². The van der Waals surface area contributed by atoms with Crippen molar-refractivity contribution in [3.05, 3.63) is 46.8 Å². The number of carbonyl (C=O) groups is 1. The van der Waals surface area contributed by atoms with E-state index in [0.717, 1.165) is 60.7 Å². The molecule has 2 fully saturated rings. The number of ether oxygens (including phenoxy) is 1. The molecule has 31 heavy (non-hydrogen) atoms. The fourth-order valence-corrected chi connectivity index (χ4v) is 4.78. The highest BCUT2D eigenvalue weighted by Gasteiger charge is 2.32. The molecular weight excluding hydrogens is 388 g/mol. The second-order valence-corrected chi connectivity index (χ2v) is 9.42. The molecule has 1 aromatic carbocycles. The van der Waals surface area contributed by atoms with Gasteiger partial charge in [0.2, 0.25) is 0 Å². The number of rotatable bonds is 6. The number of hydrogen-bond acceptors (Lipinski definition) is 5. The molecule has 2 aromatic rings. The van der Waals surface area contributed by atoms with Crippen LogP contribution < -0.4 is 15.4 Å².